The van der Waals surface area contributed by atoms with Crippen LogP contribution in [-0.2, 0) is 4.79 Å². The van der Waals surface area contributed by atoms with Gasteiger partial charge in [0, 0.05) is 44.2 Å². The molecule has 0 saturated carbocycles. The molecule has 170 valence electrons. The standard InChI is InChI=1S/C24H26N6O3/c31-22-11-9-19(26-27-22)23(32)30-12-4-3-7-20(30)24(33)29-15-13-28(14-16-29)21-10-8-17-5-1-2-6-18(17)25-21/h1-2,5-6,8-11,20H,3-4,7,12-16H2,(H,27,31). The van der Waals surface area contributed by atoms with Gasteiger partial charge in [0.25, 0.3) is 11.5 Å². The number of benzene rings is 1. The summed E-state index contributed by atoms with van der Waals surface area (Å²) in [6.45, 7) is 3.07. The summed E-state index contributed by atoms with van der Waals surface area (Å²) < 4.78 is 0. The minimum atomic E-state index is -0.495. The summed E-state index contributed by atoms with van der Waals surface area (Å²) in [6, 6.07) is 14.3. The largest absolute Gasteiger partial charge is 0.353 e. The van der Waals surface area contributed by atoms with Gasteiger partial charge >= 0.3 is 0 Å². The molecule has 1 N–H and O–H groups in total. The van der Waals surface area contributed by atoms with Gasteiger partial charge in [0.1, 0.15) is 17.6 Å². The number of carbonyl (C=O) groups excluding carboxylic acids is 2. The molecule has 1 atom stereocenters. The molecular weight excluding hydrogens is 420 g/mol. The number of piperazine rings is 1. The summed E-state index contributed by atoms with van der Waals surface area (Å²) in [4.78, 5) is 48.1. The maximum atomic E-state index is 13.4. The Kier molecular flexibility index (Phi) is 5.77. The van der Waals surface area contributed by atoms with E-state index in [1.165, 1.54) is 12.1 Å². The van der Waals surface area contributed by atoms with Crippen molar-refractivity contribution in [3.63, 3.8) is 0 Å². The molecule has 2 fully saturated rings. The smallest absolute Gasteiger partial charge is 0.274 e. The van der Waals surface area contributed by atoms with E-state index in [-0.39, 0.29) is 23.1 Å². The Labute approximate surface area is 191 Å². The van der Waals surface area contributed by atoms with Crippen LogP contribution in [0.1, 0.15) is 29.8 Å². The molecule has 9 nitrogen and oxygen atoms in total. The van der Waals surface area contributed by atoms with Gasteiger partial charge in [-0.3, -0.25) is 14.4 Å². The van der Waals surface area contributed by atoms with Gasteiger partial charge in [0.05, 0.1) is 5.52 Å². The van der Waals surface area contributed by atoms with Crippen LogP contribution in [0.5, 0.6) is 0 Å². The number of fused-ring (bicyclic) bond motifs is 1. The quantitative estimate of drug-likeness (QED) is 0.657. The summed E-state index contributed by atoms with van der Waals surface area (Å²) in [5.41, 5.74) is 0.749. The molecule has 0 radical (unpaired) electrons. The highest BCUT2D eigenvalue weighted by Crippen LogP contribution is 2.23. The number of amides is 2. The van der Waals surface area contributed by atoms with Gasteiger partial charge in [-0.05, 0) is 43.5 Å². The average molecular weight is 447 g/mol. The number of nitrogens with zero attached hydrogens (tertiary/aromatic N) is 5. The predicted molar refractivity (Wildman–Crippen MR) is 124 cm³/mol. The van der Waals surface area contributed by atoms with Crippen LogP contribution in [0, 0.1) is 0 Å². The lowest BCUT2D eigenvalue weighted by molar-refractivity contribution is -0.137. The number of nitrogens with one attached hydrogen (secondary N) is 1. The number of aromatic amines is 1. The zero-order valence-corrected chi connectivity index (χ0v) is 18.3. The monoisotopic (exact) mass is 446 g/mol. The SMILES string of the molecule is O=C(C1CCCCN1C(=O)c1ccc(=O)[nH]n1)N1CCN(c2ccc3ccccc3n2)CC1. The zero-order valence-electron chi connectivity index (χ0n) is 18.3. The minimum absolute atomic E-state index is 0.0152. The van der Waals surface area contributed by atoms with E-state index < -0.39 is 6.04 Å². The molecule has 2 aromatic heterocycles. The first-order valence-electron chi connectivity index (χ1n) is 11.4. The fourth-order valence-corrected chi connectivity index (χ4v) is 4.64. The summed E-state index contributed by atoms with van der Waals surface area (Å²) >= 11 is 0. The molecule has 1 unspecified atom stereocenters. The van der Waals surface area contributed by atoms with E-state index >= 15 is 0 Å². The van der Waals surface area contributed by atoms with Crippen LogP contribution in [0.25, 0.3) is 10.9 Å². The first kappa shape index (κ1) is 21.1. The number of H-pyrrole nitrogens is 1. The van der Waals surface area contributed by atoms with Crippen LogP contribution in [0.15, 0.2) is 53.3 Å². The Morgan fingerprint density at radius 2 is 1.73 bits per heavy atom. The van der Waals surface area contributed by atoms with E-state index in [4.69, 9.17) is 4.98 Å². The number of anilines is 1. The fraction of sp³-hybridized carbons (Fsp3) is 0.375. The Morgan fingerprint density at radius 3 is 2.52 bits per heavy atom. The van der Waals surface area contributed by atoms with E-state index in [1.807, 2.05) is 35.2 Å². The molecule has 33 heavy (non-hydrogen) atoms. The van der Waals surface area contributed by atoms with Gasteiger partial charge in [0.15, 0.2) is 0 Å². The Bertz CT molecular complexity index is 1210. The van der Waals surface area contributed by atoms with Crippen LogP contribution in [-0.4, -0.2) is 75.6 Å². The van der Waals surface area contributed by atoms with Crippen LogP contribution in [0.4, 0.5) is 5.82 Å². The van der Waals surface area contributed by atoms with E-state index in [0.717, 1.165) is 29.6 Å². The molecule has 9 heteroatoms. The number of carbonyl (C=O) groups is 2. The molecule has 2 amide bonds. The fourth-order valence-electron chi connectivity index (χ4n) is 4.64. The lowest BCUT2D eigenvalue weighted by Gasteiger charge is -2.41. The van der Waals surface area contributed by atoms with E-state index in [1.54, 1.807) is 4.90 Å². The second kappa shape index (κ2) is 9.01. The molecular formula is C24H26N6O3. The van der Waals surface area contributed by atoms with Crippen molar-refractivity contribution >= 4 is 28.5 Å². The number of likely N-dealkylation sites (tertiary alicyclic amines) is 1. The van der Waals surface area contributed by atoms with Crippen molar-refractivity contribution in [2.75, 3.05) is 37.6 Å². The van der Waals surface area contributed by atoms with Gasteiger partial charge in [-0.2, -0.15) is 5.10 Å². The molecule has 2 aliphatic rings. The van der Waals surface area contributed by atoms with E-state index in [9.17, 15) is 14.4 Å². The molecule has 0 spiro atoms. The van der Waals surface area contributed by atoms with Gasteiger partial charge in [0.2, 0.25) is 5.91 Å². The van der Waals surface area contributed by atoms with Crippen LogP contribution in [0.2, 0.25) is 0 Å². The molecule has 2 aliphatic heterocycles. The van der Waals surface area contributed by atoms with E-state index in [2.05, 4.69) is 21.2 Å². The number of hydrogen-bond acceptors (Lipinski definition) is 6. The van der Waals surface area contributed by atoms with Crippen molar-refractivity contribution in [2.24, 2.45) is 0 Å². The summed E-state index contributed by atoms with van der Waals surface area (Å²) in [5.74, 6) is 0.585. The number of piperidine rings is 1. The van der Waals surface area contributed by atoms with Crippen molar-refractivity contribution < 1.29 is 9.59 Å². The highest BCUT2D eigenvalue weighted by Gasteiger charge is 2.36. The summed E-state index contributed by atoms with van der Waals surface area (Å²) in [7, 11) is 0. The number of hydrogen-bond donors (Lipinski definition) is 1. The molecule has 5 rings (SSSR count). The number of pyridine rings is 1. The lowest BCUT2D eigenvalue weighted by Crippen LogP contribution is -2.57. The minimum Gasteiger partial charge on any atom is -0.353 e. The van der Waals surface area contributed by atoms with Gasteiger partial charge < -0.3 is 14.7 Å². The molecule has 0 bridgehead atoms. The third-order valence-corrected chi connectivity index (χ3v) is 6.45. The summed E-state index contributed by atoms with van der Waals surface area (Å²) in [5, 5.41) is 7.26. The number of para-hydroxylation sites is 1. The highest BCUT2D eigenvalue weighted by molar-refractivity contribution is 5.96. The molecule has 0 aliphatic carbocycles. The van der Waals surface area contributed by atoms with Crippen LogP contribution >= 0.6 is 0 Å². The van der Waals surface area contributed by atoms with E-state index in [0.29, 0.717) is 39.1 Å². The maximum Gasteiger partial charge on any atom is 0.274 e. The Hall–Kier alpha value is -3.75. The highest BCUT2D eigenvalue weighted by atomic mass is 16.2. The average Bonchev–Trinajstić information content (AvgIpc) is 2.88. The third-order valence-electron chi connectivity index (χ3n) is 6.45. The van der Waals surface area contributed by atoms with Crippen LogP contribution < -0.4 is 10.5 Å². The first-order chi connectivity index (χ1) is 16.1. The van der Waals surface area contributed by atoms with Crippen molar-refractivity contribution in [2.45, 2.75) is 25.3 Å². The second-order valence-corrected chi connectivity index (χ2v) is 8.49. The molecule has 3 aromatic rings. The van der Waals surface area contributed by atoms with Crippen LogP contribution in [0.3, 0.4) is 0 Å². The number of aromatic nitrogens is 3. The van der Waals surface area contributed by atoms with Crippen molar-refractivity contribution in [3.8, 4) is 0 Å². The second-order valence-electron chi connectivity index (χ2n) is 8.49. The molecule has 4 heterocycles. The third kappa shape index (κ3) is 4.30. The zero-order chi connectivity index (χ0) is 22.8. The summed E-state index contributed by atoms with van der Waals surface area (Å²) in [6.07, 6.45) is 2.39. The van der Waals surface area contributed by atoms with Crippen molar-refractivity contribution in [1.82, 2.24) is 25.0 Å². The molecule has 1 aromatic carbocycles. The lowest BCUT2D eigenvalue weighted by atomic mass is 10.00. The van der Waals surface area contributed by atoms with Gasteiger partial charge in [-0.25, -0.2) is 10.1 Å². The predicted octanol–water partition coefficient (Wildman–Crippen LogP) is 1.66. The normalized spacial score (nSPS) is 19.0. The Balaban J connectivity index is 1.26. The topological polar surface area (TPSA) is 102 Å². The van der Waals surface area contributed by atoms with Gasteiger partial charge in [-0.1, -0.05) is 18.2 Å². The van der Waals surface area contributed by atoms with Crippen molar-refractivity contribution in [3.05, 3.63) is 64.6 Å². The van der Waals surface area contributed by atoms with Gasteiger partial charge in [-0.15, -0.1) is 0 Å². The maximum absolute atomic E-state index is 13.4. The Morgan fingerprint density at radius 1 is 0.909 bits per heavy atom. The molecule has 2 saturated heterocycles. The van der Waals surface area contributed by atoms with Crippen molar-refractivity contribution in [1.29, 1.82) is 0 Å². The first-order valence-corrected chi connectivity index (χ1v) is 11.4. The number of rotatable bonds is 3.